The lowest BCUT2D eigenvalue weighted by Gasteiger charge is -2.10. The predicted octanol–water partition coefficient (Wildman–Crippen LogP) is 1.88. The number of nitrogens with zero attached hydrogens (tertiary/aromatic N) is 1. The second-order valence-corrected chi connectivity index (χ2v) is 3.79. The zero-order chi connectivity index (χ0) is 14.3. The molecule has 0 heterocycles. The van der Waals surface area contributed by atoms with E-state index in [0.717, 1.165) is 6.42 Å². The molecule has 0 bridgehead atoms. The number of benzene rings is 1. The summed E-state index contributed by atoms with van der Waals surface area (Å²) in [6.45, 7) is 2.60. The number of carbonyl (C=O) groups excluding carboxylic acids is 1. The van der Waals surface area contributed by atoms with Crippen molar-refractivity contribution in [2.24, 2.45) is 5.73 Å². The van der Waals surface area contributed by atoms with Crippen molar-refractivity contribution >= 4 is 12.0 Å². The highest BCUT2D eigenvalue weighted by Crippen LogP contribution is 2.29. The van der Waals surface area contributed by atoms with Crippen LogP contribution in [0.4, 0.5) is 0 Å². The Morgan fingerprint density at radius 3 is 2.74 bits per heavy atom. The molecule has 0 aliphatic rings. The summed E-state index contributed by atoms with van der Waals surface area (Å²) in [5, 5.41) is 8.78. The van der Waals surface area contributed by atoms with Gasteiger partial charge in [-0.1, -0.05) is 13.0 Å². The maximum atomic E-state index is 11.0. The first-order valence-corrected chi connectivity index (χ1v) is 5.84. The van der Waals surface area contributed by atoms with Crippen molar-refractivity contribution in [3.63, 3.8) is 0 Å². The van der Waals surface area contributed by atoms with Gasteiger partial charge in [0.2, 0.25) is 0 Å². The Bertz CT molecular complexity index is 530. The molecule has 1 aromatic carbocycles. The maximum Gasteiger partial charge on any atom is 0.259 e. The molecule has 0 aliphatic carbocycles. The number of ether oxygens (including phenoxy) is 2. The van der Waals surface area contributed by atoms with Crippen molar-refractivity contribution in [2.45, 2.75) is 13.3 Å². The SMILES string of the molecule is CCCOc1ccc(/C=C(\C#N)C(N)=O)cc1OC. The molecule has 1 amide bonds. The molecule has 0 saturated carbocycles. The predicted molar refractivity (Wildman–Crippen MR) is 71.6 cm³/mol. The molecule has 5 nitrogen and oxygen atoms in total. The second-order valence-electron chi connectivity index (χ2n) is 3.79. The van der Waals surface area contributed by atoms with Crippen LogP contribution in [0.1, 0.15) is 18.9 Å². The van der Waals surface area contributed by atoms with Crippen LogP contribution in [0.3, 0.4) is 0 Å². The summed E-state index contributed by atoms with van der Waals surface area (Å²) in [5.74, 6) is 0.413. The number of nitrogens with two attached hydrogens (primary N) is 1. The van der Waals surface area contributed by atoms with E-state index in [9.17, 15) is 4.79 Å². The molecular weight excluding hydrogens is 244 g/mol. The number of hydrogen-bond donors (Lipinski definition) is 1. The van der Waals surface area contributed by atoms with E-state index in [1.54, 1.807) is 24.3 Å². The number of rotatable bonds is 6. The highest BCUT2D eigenvalue weighted by molar-refractivity contribution is 6.00. The minimum atomic E-state index is -0.757. The monoisotopic (exact) mass is 260 g/mol. The minimum absolute atomic E-state index is 0.107. The van der Waals surface area contributed by atoms with E-state index >= 15 is 0 Å². The van der Waals surface area contributed by atoms with E-state index in [2.05, 4.69) is 0 Å². The summed E-state index contributed by atoms with van der Waals surface area (Å²) in [7, 11) is 1.53. The molecule has 19 heavy (non-hydrogen) atoms. The van der Waals surface area contributed by atoms with Crippen LogP contribution in [0.5, 0.6) is 11.5 Å². The first-order valence-electron chi connectivity index (χ1n) is 5.84. The van der Waals surface area contributed by atoms with Crippen molar-refractivity contribution in [3.05, 3.63) is 29.3 Å². The van der Waals surface area contributed by atoms with Crippen LogP contribution >= 0.6 is 0 Å². The third kappa shape index (κ3) is 4.03. The highest BCUT2D eigenvalue weighted by atomic mass is 16.5. The molecule has 1 rings (SSSR count). The van der Waals surface area contributed by atoms with E-state index in [1.165, 1.54) is 13.2 Å². The van der Waals surface area contributed by atoms with Crippen molar-refractivity contribution in [1.82, 2.24) is 0 Å². The number of methoxy groups -OCH3 is 1. The van der Waals surface area contributed by atoms with Gasteiger partial charge in [-0.2, -0.15) is 5.26 Å². The van der Waals surface area contributed by atoms with Gasteiger partial charge in [0.1, 0.15) is 11.6 Å². The van der Waals surface area contributed by atoms with Gasteiger partial charge in [-0.15, -0.1) is 0 Å². The Labute approximate surface area is 112 Å². The Balaban J connectivity index is 3.06. The second kappa shape index (κ2) is 7.07. The topological polar surface area (TPSA) is 85.3 Å². The summed E-state index contributed by atoms with van der Waals surface area (Å²) in [4.78, 5) is 11.0. The summed E-state index contributed by atoms with van der Waals surface area (Å²) < 4.78 is 10.7. The number of amides is 1. The van der Waals surface area contributed by atoms with Crippen LogP contribution in [0, 0.1) is 11.3 Å². The van der Waals surface area contributed by atoms with Crippen molar-refractivity contribution < 1.29 is 14.3 Å². The fourth-order valence-corrected chi connectivity index (χ4v) is 1.43. The molecule has 1 aromatic rings. The molecule has 0 atom stereocenters. The van der Waals surface area contributed by atoms with Gasteiger partial charge in [0.25, 0.3) is 5.91 Å². The first kappa shape index (κ1) is 14.6. The van der Waals surface area contributed by atoms with E-state index < -0.39 is 5.91 Å². The first-order chi connectivity index (χ1) is 9.12. The van der Waals surface area contributed by atoms with E-state index in [-0.39, 0.29) is 5.57 Å². The fourth-order valence-electron chi connectivity index (χ4n) is 1.43. The number of nitriles is 1. The average molecular weight is 260 g/mol. The molecule has 100 valence electrons. The van der Waals surface area contributed by atoms with Gasteiger partial charge in [-0.25, -0.2) is 0 Å². The Morgan fingerprint density at radius 2 is 2.21 bits per heavy atom. The van der Waals surface area contributed by atoms with E-state index in [1.807, 2.05) is 6.92 Å². The van der Waals surface area contributed by atoms with Gasteiger partial charge in [-0.05, 0) is 30.2 Å². The normalized spacial score (nSPS) is 10.7. The molecular formula is C14H16N2O3. The zero-order valence-corrected chi connectivity index (χ0v) is 11.0. The van der Waals surface area contributed by atoms with Gasteiger partial charge in [-0.3, -0.25) is 4.79 Å². The van der Waals surface area contributed by atoms with Crippen LogP contribution in [0.25, 0.3) is 6.08 Å². The molecule has 0 fully saturated rings. The zero-order valence-electron chi connectivity index (χ0n) is 11.0. The van der Waals surface area contributed by atoms with Crippen molar-refractivity contribution in [3.8, 4) is 17.6 Å². The summed E-state index contributed by atoms with van der Waals surface area (Å²) in [6.07, 6.45) is 2.31. The molecule has 0 spiro atoms. The fraction of sp³-hybridized carbons (Fsp3) is 0.286. The standard InChI is InChI=1S/C14H16N2O3/c1-3-6-19-12-5-4-10(8-13(12)18-2)7-11(9-15)14(16)17/h4-5,7-8H,3,6H2,1-2H3,(H2,16,17)/b11-7+. The largest absolute Gasteiger partial charge is 0.493 e. The number of primary amides is 1. The number of carbonyl (C=O) groups is 1. The van der Waals surface area contributed by atoms with Gasteiger partial charge >= 0.3 is 0 Å². The van der Waals surface area contributed by atoms with Crippen molar-refractivity contribution in [1.29, 1.82) is 5.26 Å². The lowest BCUT2D eigenvalue weighted by atomic mass is 10.1. The Hall–Kier alpha value is -2.48. The van der Waals surface area contributed by atoms with Crippen LogP contribution in [0.2, 0.25) is 0 Å². The summed E-state index contributed by atoms with van der Waals surface area (Å²) >= 11 is 0. The summed E-state index contributed by atoms with van der Waals surface area (Å²) in [5.41, 5.74) is 5.62. The third-order valence-electron chi connectivity index (χ3n) is 2.35. The van der Waals surface area contributed by atoms with Gasteiger partial charge in [0.15, 0.2) is 11.5 Å². The van der Waals surface area contributed by atoms with Crippen LogP contribution in [0.15, 0.2) is 23.8 Å². The minimum Gasteiger partial charge on any atom is -0.493 e. The lowest BCUT2D eigenvalue weighted by molar-refractivity contribution is -0.114. The Kier molecular flexibility index (Phi) is 5.42. The van der Waals surface area contributed by atoms with Crippen LogP contribution in [-0.2, 0) is 4.79 Å². The molecule has 0 unspecified atom stereocenters. The molecule has 0 aromatic heterocycles. The smallest absolute Gasteiger partial charge is 0.259 e. The van der Waals surface area contributed by atoms with E-state index in [4.69, 9.17) is 20.5 Å². The van der Waals surface area contributed by atoms with Gasteiger partial charge in [0.05, 0.1) is 13.7 Å². The molecule has 5 heteroatoms. The molecule has 0 radical (unpaired) electrons. The molecule has 0 saturated heterocycles. The average Bonchev–Trinajstić information content (AvgIpc) is 2.42. The Morgan fingerprint density at radius 1 is 1.47 bits per heavy atom. The van der Waals surface area contributed by atoms with Crippen molar-refractivity contribution in [2.75, 3.05) is 13.7 Å². The molecule has 0 aliphatic heterocycles. The number of hydrogen-bond acceptors (Lipinski definition) is 4. The molecule has 2 N–H and O–H groups in total. The van der Waals surface area contributed by atoms with Gasteiger partial charge < -0.3 is 15.2 Å². The van der Waals surface area contributed by atoms with Crippen LogP contribution < -0.4 is 15.2 Å². The maximum absolute atomic E-state index is 11.0. The lowest BCUT2D eigenvalue weighted by Crippen LogP contribution is -2.12. The van der Waals surface area contributed by atoms with E-state index in [0.29, 0.717) is 23.7 Å². The summed E-state index contributed by atoms with van der Waals surface area (Å²) in [6, 6.07) is 6.90. The third-order valence-corrected chi connectivity index (χ3v) is 2.35. The quantitative estimate of drug-likeness (QED) is 0.625. The van der Waals surface area contributed by atoms with Crippen LogP contribution in [-0.4, -0.2) is 19.6 Å². The highest BCUT2D eigenvalue weighted by Gasteiger charge is 2.07. The van der Waals surface area contributed by atoms with Gasteiger partial charge in [0, 0.05) is 0 Å².